The molecule has 1 aromatic carbocycles. The number of hydrogen-bond donors (Lipinski definition) is 2. The summed E-state index contributed by atoms with van der Waals surface area (Å²) in [7, 11) is 0. The van der Waals surface area contributed by atoms with E-state index in [1.807, 2.05) is 36.4 Å². The van der Waals surface area contributed by atoms with Gasteiger partial charge in [-0.15, -0.1) is 0 Å². The van der Waals surface area contributed by atoms with Crippen LogP contribution >= 0.6 is 0 Å². The maximum Gasteiger partial charge on any atom is 0.261 e. The second kappa shape index (κ2) is 7.13. The quantitative estimate of drug-likeness (QED) is 0.825. The number of rotatable bonds is 2. The molecule has 1 saturated heterocycles. The van der Waals surface area contributed by atoms with Crippen LogP contribution in [0.4, 0.5) is 0 Å². The Morgan fingerprint density at radius 1 is 1.10 bits per heavy atom. The van der Waals surface area contributed by atoms with E-state index in [-0.39, 0.29) is 28.9 Å². The van der Waals surface area contributed by atoms with Crippen molar-refractivity contribution in [2.75, 3.05) is 13.1 Å². The van der Waals surface area contributed by atoms with Crippen LogP contribution in [0.3, 0.4) is 0 Å². The molecule has 0 unspecified atom stereocenters. The van der Waals surface area contributed by atoms with Gasteiger partial charge in [0.05, 0.1) is 5.60 Å². The van der Waals surface area contributed by atoms with Gasteiger partial charge in [-0.3, -0.25) is 9.59 Å². The number of aromatic nitrogens is 1. The smallest absolute Gasteiger partial charge is 0.261 e. The van der Waals surface area contributed by atoms with Gasteiger partial charge in [0.15, 0.2) is 0 Å². The van der Waals surface area contributed by atoms with Crippen LogP contribution in [0.1, 0.15) is 59.3 Å². The first-order valence-electron chi connectivity index (χ1n) is 10.9. The Morgan fingerprint density at radius 3 is 2.72 bits per heavy atom. The Bertz CT molecular complexity index is 983. The molecule has 3 atom stereocenters. The van der Waals surface area contributed by atoms with Crippen molar-refractivity contribution in [3.8, 4) is 0 Å². The van der Waals surface area contributed by atoms with Gasteiger partial charge in [0.1, 0.15) is 5.56 Å². The van der Waals surface area contributed by atoms with Crippen molar-refractivity contribution in [2.45, 2.75) is 50.5 Å². The summed E-state index contributed by atoms with van der Waals surface area (Å²) in [6, 6.07) is 11.7. The summed E-state index contributed by atoms with van der Waals surface area (Å²) >= 11 is 0. The third-order valence-electron chi connectivity index (χ3n) is 7.32. The van der Waals surface area contributed by atoms with Gasteiger partial charge >= 0.3 is 0 Å². The number of H-pyrrole nitrogens is 1. The third kappa shape index (κ3) is 3.12. The predicted molar refractivity (Wildman–Crippen MR) is 111 cm³/mol. The van der Waals surface area contributed by atoms with E-state index in [4.69, 9.17) is 0 Å². The zero-order valence-electron chi connectivity index (χ0n) is 16.7. The fourth-order valence-electron chi connectivity index (χ4n) is 5.78. The molecule has 1 aliphatic heterocycles. The average molecular weight is 392 g/mol. The maximum atomic E-state index is 13.3. The number of benzene rings is 1. The van der Waals surface area contributed by atoms with Gasteiger partial charge in [-0.1, -0.05) is 30.3 Å². The van der Waals surface area contributed by atoms with Crippen molar-refractivity contribution in [2.24, 2.45) is 11.8 Å². The molecule has 5 rings (SSSR count). The van der Waals surface area contributed by atoms with Gasteiger partial charge < -0.3 is 15.0 Å². The maximum absolute atomic E-state index is 13.3. The first-order chi connectivity index (χ1) is 14.1. The molecule has 5 heteroatoms. The SMILES string of the molecule is O=C(c1cc2c([nH]c1=O)CCCC2)N1C[C@@H]2CCC[C@@](O)(c3ccccc3)[C@@H]2C1. The Kier molecular flexibility index (Phi) is 4.58. The minimum Gasteiger partial charge on any atom is -0.385 e. The summed E-state index contributed by atoms with van der Waals surface area (Å²) in [6.07, 6.45) is 6.69. The lowest BCUT2D eigenvalue weighted by Gasteiger charge is -2.41. The van der Waals surface area contributed by atoms with E-state index in [0.717, 1.165) is 61.8 Å². The van der Waals surface area contributed by atoms with Crippen molar-refractivity contribution in [3.63, 3.8) is 0 Å². The molecule has 0 radical (unpaired) electrons. The van der Waals surface area contributed by atoms with E-state index >= 15 is 0 Å². The number of nitrogens with one attached hydrogen (secondary N) is 1. The van der Waals surface area contributed by atoms with E-state index in [9.17, 15) is 14.7 Å². The number of pyridine rings is 1. The number of aliphatic hydroxyl groups is 1. The lowest BCUT2D eigenvalue weighted by molar-refractivity contribution is -0.0644. The molecule has 0 spiro atoms. The van der Waals surface area contributed by atoms with Crippen molar-refractivity contribution in [1.82, 2.24) is 9.88 Å². The number of aryl methyl sites for hydroxylation is 2. The number of fused-ring (bicyclic) bond motifs is 2. The van der Waals surface area contributed by atoms with Gasteiger partial charge in [0.25, 0.3) is 11.5 Å². The minimum atomic E-state index is -0.901. The molecule has 152 valence electrons. The van der Waals surface area contributed by atoms with Crippen LogP contribution in [0.15, 0.2) is 41.2 Å². The molecule has 2 aliphatic carbocycles. The molecule has 2 aromatic rings. The summed E-state index contributed by atoms with van der Waals surface area (Å²) in [6.45, 7) is 1.13. The van der Waals surface area contributed by atoms with Gasteiger partial charge in [-0.05, 0) is 68.1 Å². The largest absolute Gasteiger partial charge is 0.385 e. The molecule has 2 heterocycles. The number of carbonyl (C=O) groups excluding carboxylic acids is 1. The fraction of sp³-hybridized carbons (Fsp3) is 0.500. The van der Waals surface area contributed by atoms with Crippen molar-refractivity contribution in [3.05, 3.63) is 69.1 Å². The first kappa shape index (κ1) is 18.6. The summed E-state index contributed by atoms with van der Waals surface area (Å²) in [5.41, 5.74) is 2.12. The van der Waals surface area contributed by atoms with Gasteiger partial charge in [-0.2, -0.15) is 0 Å². The van der Waals surface area contributed by atoms with Crippen LogP contribution in [0, 0.1) is 11.8 Å². The van der Waals surface area contributed by atoms with E-state index in [1.54, 1.807) is 4.90 Å². The molecular weight excluding hydrogens is 364 g/mol. The number of nitrogens with zero attached hydrogens (tertiary/aromatic N) is 1. The summed E-state index contributed by atoms with van der Waals surface area (Å²) in [5, 5.41) is 11.6. The van der Waals surface area contributed by atoms with Crippen LogP contribution in [-0.4, -0.2) is 34.0 Å². The zero-order valence-corrected chi connectivity index (χ0v) is 16.7. The fourth-order valence-corrected chi connectivity index (χ4v) is 5.78. The highest BCUT2D eigenvalue weighted by Crippen LogP contribution is 2.48. The monoisotopic (exact) mass is 392 g/mol. The zero-order chi connectivity index (χ0) is 20.0. The summed E-state index contributed by atoms with van der Waals surface area (Å²) < 4.78 is 0. The molecule has 2 fully saturated rings. The standard InChI is InChI=1S/C24H28N2O3/c27-22-19(13-16-7-4-5-11-21(16)25-22)23(28)26-14-17-8-6-12-24(29,20(17)15-26)18-9-2-1-3-10-18/h1-3,9-10,13,17,20,29H,4-8,11-12,14-15H2,(H,25,27)/t17-,20+,24+/m0/s1. The highest BCUT2D eigenvalue weighted by Gasteiger charge is 2.50. The molecule has 1 saturated carbocycles. The number of amides is 1. The Morgan fingerprint density at radius 2 is 1.90 bits per heavy atom. The molecule has 5 nitrogen and oxygen atoms in total. The topological polar surface area (TPSA) is 73.4 Å². The van der Waals surface area contributed by atoms with E-state index in [1.165, 1.54) is 0 Å². The van der Waals surface area contributed by atoms with Crippen molar-refractivity contribution >= 4 is 5.91 Å². The normalized spacial score (nSPS) is 28.7. The number of hydrogen-bond acceptors (Lipinski definition) is 3. The van der Waals surface area contributed by atoms with Crippen LogP contribution in [0.5, 0.6) is 0 Å². The van der Waals surface area contributed by atoms with Gasteiger partial charge in [0, 0.05) is 24.7 Å². The Balaban J connectivity index is 1.43. The van der Waals surface area contributed by atoms with Crippen LogP contribution in [0.2, 0.25) is 0 Å². The molecule has 2 N–H and O–H groups in total. The van der Waals surface area contributed by atoms with Crippen LogP contribution < -0.4 is 5.56 Å². The average Bonchev–Trinajstić information content (AvgIpc) is 3.19. The summed E-state index contributed by atoms with van der Waals surface area (Å²) in [5.74, 6) is 0.0957. The number of aromatic amines is 1. The summed E-state index contributed by atoms with van der Waals surface area (Å²) in [4.78, 5) is 30.6. The lowest BCUT2D eigenvalue weighted by atomic mass is 9.67. The number of carbonyl (C=O) groups is 1. The minimum absolute atomic E-state index is 0.0132. The third-order valence-corrected chi connectivity index (χ3v) is 7.32. The van der Waals surface area contributed by atoms with Crippen LogP contribution in [0.25, 0.3) is 0 Å². The predicted octanol–water partition coefficient (Wildman–Crippen LogP) is 3.01. The molecule has 29 heavy (non-hydrogen) atoms. The Hall–Kier alpha value is -2.40. The van der Waals surface area contributed by atoms with Crippen molar-refractivity contribution in [1.29, 1.82) is 0 Å². The second-order valence-electron chi connectivity index (χ2n) is 8.98. The Labute approximate surface area is 170 Å². The van der Waals surface area contributed by atoms with E-state index < -0.39 is 5.60 Å². The van der Waals surface area contributed by atoms with Gasteiger partial charge in [-0.25, -0.2) is 0 Å². The van der Waals surface area contributed by atoms with E-state index in [2.05, 4.69) is 4.98 Å². The molecule has 1 amide bonds. The first-order valence-corrected chi connectivity index (χ1v) is 10.9. The molecule has 0 bridgehead atoms. The molecule has 1 aromatic heterocycles. The highest BCUT2D eigenvalue weighted by molar-refractivity contribution is 5.94. The number of likely N-dealkylation sites (tertiary alicyclic amines) is 1. The van der Waals surface area contributed by atoms with Gasteiger partial charge in [0.2, 0.25) is 0 Å². The molecule has 3 aliphatic rings. The lowest BCUT2D eigenvalue weighted by Crippen LogP contribution is -2.43. The highest BCUT2D eigenvalue weighted by atomic mass is 16.3. The molecular formula is C24H28N2O3. The second-order valence-corrected chi connectivity index (χ2v) is 8.98. The van der Waals surface area contributed by atoms with Crippen LogP contribution in [-0.2, 0) is 18.4 Å². The van der Waals surface area contributed by atoms with Crippen molar-refractivity contribution < 1.29 is 9.90 Å². The van der Waals surface area contributed by atoms with E-state index in [0.29, 0.717) is 13.1 Å².